The van der Waals surface area contributed by atoms with E-state index >= 15 is 0 Å². The number of benzene rings is 1. The topological polar surface area (TPSA) is 72.5 Å². The van der Waals surface area contributed by atoms with Gasteiger partial charge in [0.25, 0.3) is 0 Å². The Morgan fingerprint density at radius 1 is 1.56 bits per heavy atom. The molecule has 18 heavy (non-hydrogen) atoms. The highest BCUT2D eigenvalue weighted by molar-refractivity contribution is 5.76. The van der Waals surface area contributed by atoms with E-state index < -0.39 is 11.9 Å². The Hall–Kier alpha value is -1.39. The van der Waals surface area contributed by atoms with Gasteiger partial charge in [-0.05, 0) is 24.0 Å². The molecule has 1 aliphatic carbocycles. The van der Waals surface area contributed by atoms with Crippen LogP contribution in [0.1, 0.15) is 29.9 Å². The quantitative estimate of drug-likeness (QED) is 0.801. The molecule has 0 aromatic heterocycles. The van der Waals surface area contributed by atoms with Crippen molar-refractivity contribution in [2.75, 3.05) is 20.3 Å². The standard InChI is InChI=1S/C14H19NO3/c1-18-9-14(5-6-14)11-4-2-3-10(7-11)12(8-15)13(16)17/h2-4,7,12H,5-6,8-9,15H2,1H3,(H,16,17). The number of nitrogens with two attached hydrogens (primary N) is 1. The Morgan fingerprint density at radius 3 is 2.78 bits per heavy atom. The maximum Gasteiger partial charge on any atom is 0.312 e. The molecule has 98 valence electrons. The molecule has 2 rings (SSSR count). The largest absolute Gasteiger partial charge is 0.481 e. The predicted molar refractivity (Wildman–Crippen MR) is 68.7 cm³/mol. The van der Waals surface area contributed by atoms with Crippen LogP contribution < -0.4 is 5.73 Å². The second-order valence-corrected chi connectivity index (χ2v) is 4.97. The average Bonchev–Trinajstić information content (AvgIpc) is 3.11. The zero-order valence-electron chi connectivity index (χ0n) is 10.6. The van der Waals surface area contributed by atoms with Crippen LogP contribution in [0.2, 0.25) is 0 Å². The summed E-state index contributed by atoms with van der Waals surface area (Å²) in [6.07, 6.45) is 2.20. The molecule has 1 fully saturated rings. The van der Waals surface area contributed by atoms with E-state index in [1.165, 1.54) is 5.56 Å². The normalized spacial score (nSPS) is 18.3. The molecule has 1 unspecified atom stereocenters. The zero-order chi connectivity index (χ0) is 13.2. The van der Waals surface area contributed by atoms with E-state index in [2.05, 4.69) is 0 Å². The molecule has 0 radical (unpaired) electrons. The Kier molecular flexibility index (Phi) is 3.68. The Morgan fingerprint density at radius 2 is 2.28 bits per heavy atom. The Labute approximate surface area is 107 Å². The Bertz CT molecular complexity index is 440. The van der Waals surface area contributed by atoms with Crippen LogP contribution in [-0.2, 0) is 14.9 Å². The van der Waals surface area contributed by atoms with Gasteiger partial charge in [-0.15, -0.1) is 0 Å². The van der Waals surface area contributed by atoms with Gasteiger partial charge in [0.05, 0.1) is 12.5 Å². The second kappa shape index (κ2) is 5.08. The summed E-state index contributed by atoms with van der Waals surface area (Å²) in [7, 11) is 1.70. The maximum atomic E-state index is 11.1. The van der Waals surface area contributed by atoms with E-state index in [0.29, 0.717) is 6.61 Å². The second-order valence-electron chi connectivity index (χ2n) is 4.97. The van der Waals surface area contributed by atoms with E-state index in [-0.39, 0.29) is 12.0 Å². The fourth-order valence-electron chi connectivity index (χ4n) is 2.41. The van der Waals surface area contributed by atoms with Crippen LogP contribution in [0, 0.1) is 0 Å². The molecule has 4 nitrogen and oxygen atoms in total. The monoisotopic (exact) mass is 249 g/mol. The lowest BCUT2D eigenvalue weighted by atomic mass is 9.91. The zero-order valence-corrected chi connectivity index (χ0v) is 10.6. The van der Waals surface area contributed by atoms with Gasteiger partial charge >= 0.3 is 5.97 Å². The van der Waals surface area contributed by atoms with Crippen LogP contribution in [0.4, 0.5) is 0 Å². The van der Waals surface area contributed by atoms with Crippen molar-refractivity contribution in [3.05, 3.63) is 35.4 Å². The third-order valence-electron chi connectivity index (χ3n) is 3.71. The first kappa shape index (κ1) is 13.1. The van der Waals surface area contributed by atoms with Gasteiger partial charge in [0.2, 0.25) is 0 Å². The summed E-state index contributed by atoms with van der Waals surface area (Å²) in [5.74, 6) is -1.49. The molecule has 0 aliphatic heterocycles. The lowest BCUT2D eigenvalue weighted by molar-refractivity contribution is -0.138. The van der Waals surface area contributed by atoms with Gasteiger partial charge in [-0.25, -0.2) is 0 Å². The number of hydrogen-bond acceptors (Lipinski definition) is 3. The molecule has 0 amide bonds. The van der Waals surface area contributed by atoms with Gasteiger partial charge in [0, 0.05) is 19.1 Å². The van der Waals surface area contributed by atoms with E-state index in [1.54, 1.807) is 7.11 Å². The van der Waals surface area contributed by atoms with Gasteiger partial charge in [0.1, 0.15) is 0 Å². The van der Waals surface area contributed by atoms with E-state index in [1.807, 2.05) is 24.3 Å². The highest BCUT2D eigenvalue weighted by Crippen LogP contribution is 2.48. The first-order valence-corrected chi connectivity index (χ1v) is 6.15. The number of methoxy groups -OCH3 is 1. The molecule has 0 spiro atoms. The smallest absolute Gasteiger partial charge is 0.312 e. The molecule has 1 saturated carbocycles. The van der Waals surface area contributed by atoms with Crippen molar-refractivity contribution in [3.63, 3.8) is 0 Å². The predicted octanol–water partition coefficient (Wildman–Crippen LogP) is 1.49. The van der Waals surface area contributed by atoms with Gasteiger partial charge in [-0.3, -0.25) is 4.79 Å². The third kappa shape index (κ3) is 2.40. The van der Waals surface area contributed by atoms with Crippen LogP contribution in [0.3, 0.4) is 0 Å². The molecular weight excluding hydrogens is 230 g/mol. The van der Waals surface area contributed by atoms with Crippen LogP contribution in [0.15, 0.2) is 24.3 Å². The summed E-state index contributed by atoms with van der Waals surface area (Å²) in [5.41, 5.74) is 7.58. The van der Waals surface area contributed by atoms with E-state index in [9.17, 15) is 4.79 Å². The van der Waals surface area contributed by atoms with Crippen LogP contribution >= 0.6 is 0 Å². The molecule has 4 heteroatoms. The maximum absolute atomic E-state index is 11.1. The van der Waals surface area contributed by atoms with Crippen molar-refractivity contribution in [2.24, 2.45) is 5.73 Å². The van der Waals surface area contributed by atoms with Crippen molar-refractivity contribution >= 4 is 5.97 Å². The average molecular weight is 249 g/mol. The molecule has 1 atom stereocenters. The summed E-state index contributed by atoms with van der Waals surface area (Å²) in [6, 6.07) is 7.76. The molecular formula is C14H19NO3. The van der Waals surface area contributed by atoms with Gasteiger partial charge in [0.15, 0.2) is 0 Å². The van der Waals surface area contributed by atoms with Crippen molar-refractivity contribution < 1.29 is 14.6 Å². The van der Waals surface area contributed by atoms with Gasteiger partial charge in [-0.2, -0.15) is 0 Å². The minimum Gasteiger partial charge on any atom is -0.481 e. The Balaban J connectivity index is 2.28. The molecule has 1 aromatic rings. The first-order valence-electron chi connectivity index (χ1n) is 6.15. The molecule has 1 aromatic carbocycles. The third-order valence-corrected chi connectivity index (χ3v) is 3.71. The summed E-state index contributed by atoms with van der Waals surface area (Å²) in [5, 5.41) is 9.13. The number of carboxylic acid groups (broad SMARTS) is 1. The van der Waals surface area contributed by atoms with E-state index in [0.717, 1.165) is 18.4 Å². The summed E-state index contributed by atoms with van der Waals surface area (Å²) >= 11 is 0. The molecule has 0 heterocycles. The molecule has 0 saturated heterocycles. The highest BCUT2D eigenvalue weighted by atomic mass is 16.5. The van der Waals surface area contributed by atoms with Crippen molar-refractivity contribution in [1.82, 2.24) is 0 Å². The van der Waals surface area contributed by atoms with E-state index in [4.69, 9.17) is 15.6 Å². The number of hydrogen-bond donors (Lipinski definition) is 2. The number of aliphatic carboxylic acids is 1. The molecule has 3 N–H and O–H groups in total. The number of carbonyl (C=O) groups is 1. The minimum atomic E-state index is -0.869. The minimum absolute atomic E-state index is 0.0996. The SMILES string of the molecule is COCC1(c2cccc(C(CN)C(=O)O)c2)CC1. The first-order chi connectivity index (χ1) is 8.63. The van der Waals surface area contributed by atoms with Crippen molar-refractivity contribution in [2.45, 2.75) is 24.2 Å². The number of ether oxygens (including phenoxy) is 1. The summed E-state index contributed by atoms with van der Waals surface area (Å²) in [6.45, 7) is 0.812. The lowest BCUT2D eigenvalue weighted by Gasteiger charge is -2.17. The number of rotatable bonds is 6. The molecule has 0 bridgehead atoms. The lowest BCUT2D eigenvalue weighted by Crippen LogP contribution is -2.22. The molecule has 1 aliphatic rings. The van der Waals surface area contributed by atoms with Crippen molar-refractivity contribution in [3.8, 4) is 0 Å². The van der Waals surface area contributed by atoms with Crippen LogP contribution in [0.25, 0.3) is 0 Å². The van der Waals surface area contributed by atoms with Crippen LogP contribution in [0.5, 0.6) is 0 Å². The fraction of sp³-hybridized carbons (Fsp3) is 0.500. The van der Waals surface area contributed by atoms with Crippen LogP contribution in [-0.4, -0.2) is 31.3 Å². The van der Waals surface area contributed by atoms with Crippen molar-refractivity contribution in [1.29, 1.82) is 0 Å². The summed E-state index contributed by atoms with van der Waals surface area (Å²) in [4.78, 5) is 11.1. The number of carboxylic acids is 1. The highest BCUT2D eigenvalue weighted by Gasteiger charge is 2.44. The summed E-state index contributed by atoms with van der Waals surface area (Å²) < 4.78 is 5.26. The van der Waals surface area contributed by atoms with Gasteiger partial charge < -0.3 is 15.6 Å². The fourth-order valence-corrected chi connectivity index (χ4v) is 2.41. The van der Waals surface area contributed by atoms with Gasteiger partial charge in [-0.1, -0.05) is 24.3 Å².